The number of methoxy groups -OCH3 is 3. The third-order valence-electron chi connectivity index (χ3n) is 6.16. The lowest BCUT2D eigenvalue weighted by molar-refractivity contribution is -0.136. The van der Waals surface area contributed by atoms with Crippen LogP contribution in [0.3, 0.4) is 0 Å². The van der Waals surface area contributed by atoms with Crippen molar-refractivity contribution in [3.05, 3.63) is 46.1 Å². The van der Waals surface area contributed by atoms with Gasteiger partial charge in [0.1, 0.15) is 11.5 Å². The molecule has 0 aliphatic carbocycles. The van der Waals surface area contributed by atoms with E-state index in [0.717, 1.165) is 42.4 Å². The molecule has 33 heavy (non-hydrogen) atoms. The number of amidine groups is 1. The molecule has 1 atom stereocenters. The van der Waals surface area contributed by atoms with Crippen LogP contribution in [0.25, 0.3) is 0 Å². The number of ether oxygens (including phenoxy) is 3. The van der Waals surface area contributed by atoms with Gasteiger partial charge in [-0.2, -0.15) is 0 Å². The third-order valence-corrected chi connectivity index (χ3v) is 7.04. The number of hydrogen-bond donors (Lipinski definition) is 0. The lowest BCUT2D eigenvalue weighted by atomic mass is 9.92. The van der Waals surface area contributed by atoms with Crippen LogP contribution in [0.5, 0.6) is 11.5 Å². The first-order valence-corrected chi connectivity index (χ1v) is 11.9. The highest BCUT2D eigenvalue weighted by atomic mass is 32.2. The Balaban J connectivity index is 1.80. The molecule has 9 heteroatoms. The normalized spacial score (nSPS) is 19.8. The van der Waals surface area contributed by atoms with Gasteiger partial charge in [0.15, 0.2) is 5.17 Å². The number of amides is 1. The summed E-state index contributed by atoms with van der Waals surface area (Å²) in [5, 5.41) is 2.70. The first-order valence-electron chi connectivity index (χ1n) is 11.1. The second-order valence-corrected chi connectivity index (χ2v) is 8.81. The Bertz CT molecular complexity index is 1040. The fourth-order valence-corrected chi connectivity index (χ4v) is 5.42. The second-order valence-electron chi connectivity index (χ2n) is 7.97. The van der Waals surface area contributed by atoms with Crippen LogP contribution in [-0.2, 0) is 14.3 Å². The van der Waals surface area contributed by atoms with Crippen molar-refractivity contribution >= 4 is 28.8 Å². The van der Waals surface area contributed by atoms with Gasteiger partial charge in [-0.05, 0) is 36.8 Å². The molecule has 176 valence electrons. The van der Waals surface area contributed by atoms with Crippen molar-refractivity contribution < 1.29 is 23.8 Å². The Morgan fingerprint density at radius 3 is 2.55 bits per heavy atom. The molecule has 0 saturated carbocycles. The van der Waals surface area contributed by atoms with Crippen LogP contribution in [0.4, 0.5) is 0 Å². The van der Waals surface area contributed by atoms with Crippen LogP contribution in [0, 0.1) is 0 Å². The summed E-state index contributed by atoms with van der Waals surface area (Å²) in [4.78, 5) is 34.7. The van der Waals surface area contributed by atoms with Gasteiger partial charge in [0.2, 0.25) is 5.91 Å². The summed E-state index contributed by atoms with van der Waals surface area (Å²) in [6, 6.07) is 4.99. The van der Waals surface area contributed by atoms with E-state index in [0.29, 0.717) is 29.2 Å². The van der Waals surface area contributed by atoms with Crippen molar-refractivity contribution in [1.82, 2.24) is 9.80 Å². The van der Waals surface area contributed by atoms with Gasteiger partial charge in [0, 0.05) is 30.4 Å². The molecular formula is C24H29N3O5S. The van der Waals surface area contributed by atoms with Crippen LogP contribution >= 0.6 is 11.8 Å². The monoisotopic (exact) mass is 471 g/mol. The fourth-order valence-electron chi connectivity index (χ4n) is 4.48. The van der Waals surface area contributed by atoms with E-state index in [2.05, 4.69) is 0 Å². The highest BCUT2D eigenvalue weighted by molar-refractivity contribution is 8.16. The van der Waals surface area contributed by atoms with Gasteiger partial charge in [0.05, 0.1) is 45.1 Å². The zero-order valence-electron chi connectivity index (χ0n) is 19.4. The van der Waals surface area contributed by atoms with E-state index in [9.17, 15) is 9.59 Å². The molecule has 1 amide bonds. The summed E-state index contributed by atoms with van der Waals surface area (Å²) in [5.41, 5.74) is 2.72. The molecule has 4 rings (SSSR count). The van der Waals surface area contributed by atoms with E-state index in [4.69, 9.17) is 19.2 Å². The van der Waals surface area contributed by atoms with Crippen molar-refractivity contribution in [2.75, 3.05) is 34.4 Å². The molecule has 1 fully saturated rings. The van der Waals surface area contributed by atoms with Crippen molar-refractivity contribution in [2.24, 2.45) is 4.99 Å². The van der Waals surface area contributed by atoms with Gasteiger partial charge in [0.25, 0.3) is 0 Å². The number of allylic oxidation sites excluding steroid dienone is 1. The number of fused-ring (bicyclic) bond motifs is 1. The van der Waals surface area contributed by atoms with E-state index in [1.807, 2.05) is 34.3 Å². The van der Waals surface area contributed by atoms with Gasteiger partial charge >= 0.3 is 5.97 Å². The number of aliphatic imine (C=N–C) groups is 1. The summed E-state index contributed by atoms with van der Waals surface area (Å²) in [7, 11) is 4.55. The first kappa shape index (κ1) is 23.2. The number of carbonyl (C=O) groups is 2. The standard InChI is InChI=1S/C24H29N3O5S/c1-5-18-21(23(29)32-4)22(17-9-8-16(30-2)13-19(17)31-3)27-15(14-33-24(27)25-18)12-20(28)26-10-6-7-11-26/h8-9,13-14,22H,5-7,10-12H2,1-4H3/t22-/m0/s1. The third kappa shape index (κ3) is 4.34. The molecule has 1 saturated heterocycles. The lowest BCUT2D eigenvalue weighted by Gasteiger charge is -2.37. The van der Waals surface area contributed by atoms with Crippen LogP contribution in [0.15, 0.2) is 45.6 Å². The molecular weight excluding hydrogens is 442 g/mol. The largest absolute Gasteiger partial charge is 0.497 e. The van der Waals surface area contributed by atoms with Gasteiger partial charge < -0.3 is 24.0 Å². The van der Waals surface area contributed by atoms with Gasteiger partial charge in [-0.15, -0.1) is 0 Å². The average molecular weight is 472 g/mol. The van der Waals surface area contributed by atoms with Gasteiger partial charge in [-0.1, -0.05) is 18.7 Å². The van der Waals surface area contributed by atoms with Gasteiger partial charge in [-0.3, -0.25) is 4.79 Å². The van der Waals surface area contributed by atoms with E-state index in [1.165, 1.54) is 18.9 Å². The minimum Gasteiger partial charge on any atom is -0.497 e. The van der Waals surface area contributed by atoms with Gasteiger partial charge in [-0.25, -0.2) is 9.79 Å². The zero-order chi connectivity index (χ0) is 23.5. The molecule has 1 aromatic rings. The second kappa shape index (κ2) is 9.91. The van der Waals surface area contributed by atoms with Crippen LogP contribution in [0.1, 0.15) is 44.2 Å². The number of benzene rings is 1. The Kier molecular flexibility index (Phi) is 6.97. The molecule has 3 heterocycles. The number of rotatable bonds is 7. The number of likely N-dealkylation sites (tertiary alicyclic amines) is 1. The summed E-state index contributed by atoms with van der Waals surface area (Å²) in [5.74, 6) is 0.875. The van der Waals surface area contributed by atoms with Crippen molar-refractivity contribution in [2.45, 2.75) is 38.6 Å². The summed E-state index contributed by atoms with van der Waals surface area (Å²) < 4.78 is 16.2. The summed E-state index contributed by atoms with van der Waals surface area (Å²) >= 11 is 1.47. The van der Waals surface area contributed by atoms with E-state index < -0.39 is 12.0 Å². The molecule has 8 nitrogen and oxygen atoms in total. The Labute approximate surface area is 198 Å². The maximum atomic E-state index is 13.0. The molecule has 3 aliphatic rings. The molecule has 3 aliphatic heterocycles. The highest BCUT2D eigenvalue weighted by Crippen LogP contribution is 2.48. The quantitative estimate of drug-likeness (QED) is 0.559. The minimum absolute atomic E-state index is 0.0888. The maximum Gasteiger partial charge on any atom is 0.338 e. The van der Waals surface area contributed by atoms with E-state index >= 15 is 0 Å². The van der Waals surface area contributed by atoms with Crippen LogP contribution in [-0.4, -0.2) is 61.3 Å². The first-order chi connectivity index (χ1) is 16.0. The summed E-state index contributed by atoms with van der Waals surface area (Å²) in [6.45, 7) is 3.55. The minimum atomic E-state index is -0.534. The molecule has 1 aromatic carbocycles. The molecule has 0 spiro atoms. The number of esters is 1. The Morgan fingerprint density at radius 2 is 1.91 bits per heavy atom. The molecule has 0 bridgehead atoms. The number of hydrogen-bond acceptors (Lipinski definition) is 8. The van der Waals surface area contributed by atoms with Crippen molar-refractivity contribution in [3.8, 4) is 11.5 Å². The number of thioether (sulfide) groups is 1. The molecule has 0 aromatic heterocycles. The van der Waals surface area contributed by atoms with Crippen molar-refractivity contribution in [1.29, 1.82) is 0 Å². The summed E-state index contributed by atoms with van der Waals surface area (Å²) in [6.07, 6.45) is 2.89. The average Bonchev–Trinajstić information content (AvgIpc) is 3.52. The Morgan fingerprint density at radius 1 is 1.15 bits per heavy atom. The van der Waals surface area contributed by atoms with E-state index in [-0.39, 0.29) is 12.3 Å². The SMILES string of the molecule is CCC1=C(C(=O)OC)[C@H](c2ccc(OC)cc2OC)N2C(CC(=O)N3CCCC3)=CSC2=N1. The molecule has 0 radical (unpaired) electrons. The Hall–Kier alpha value is -2.94. The number of nitrogens with zero attached hydrogens (tertiary/aromatic N) is 3. The lowest BCUT2D eigenvalue weighted by Crippen LogP contribution is -2.38. The highest BCUT2D eigenvalue weighted by Gasteiger charge is 2.43. The number of carbonyl (C=O) groups excluding carboxylic acids is 2. The smallest absolute Gasteiger partial charge is 0.338 e. The van der Waals surface area contributed by atoms with Crippen LogP contribution < -0.4 is 9.47 Å². The molecule has 0 N–H and O–H groups in total. The van der Waals surface area contributed by atoms with Crippen LogP contribution in [0.2, 0.25) is 0 Å². The fraction of sp³-hybridized carbons (Fsp3) is 0.458. The predicted octanol–water partition coefficient (Wildman–Crippen LogP) is 3.85. The molecule has 0 unspecified atom stereocenters. The van der Waals surface area contributed by atoms with E-state index in [1.54, 1.807) is 20.3 Å². The topological polar surface area (TPSA) is 80.7 Å². The van der Waals surface area contributed by atoms with Crippen molar-refractivity contribution in [3.63, 3.8) is 0 Å². The maximum absolute atomic E-state index is 13.0. The zero-order valence-corrected chi connectivity index (χ0v) is 20.2. The predicted molar refractivity (Wildman–Crippen MR) is 127 cm³/mol.